The molecule has 0 aliphatic carbocycles. The maximum Gasteiger partial charge on any atom is 0.281 e. The van der Waals surface area contributed by atoms with Crippen LogP contribution in [-0.4, -0.2) is 29.8 Å². The first-order valence-corrected chi connectivity index (χ1v) is 8.94. The molecule has 0 radical (unpaired) electrons. The number of hydrogen-bond acceptors (Lipinski definition) is 6. The lowest BCUT2D eigenvalue weighted by Crippen LogP contribution is -2.16. The normalized spacial score (nSPS) is 11.7. The summed E-state index contributed by atoms with van der Waals surface area (Å²) in [6.07, 6.45) is 4.70. The lowest BCUT2D eigenvalue weighted by Gasteiger charge is -2.09. The molecule has 2 N–H and O–H groups in total. The van der Waals surface area contributed by atoms with Crippen molar-refractivity contribution in [2.45, 2.75) is 5.03 Å². The Morgan fingerprint density at radius 2 is 2.24 bits per heavy atom. The minimum absolute atomic E-state index is 0.0740. The second-order valence-corrected chi connectivity index (χ2v) is 7.36. The summed E-state index contributed by atoms with van der Waals surface area (Å²) in [4.78, 5) is 8.76. The van der Waals surface area contributed by atoms with Crippen LogP contribution >= 0.6 is 27.3 Å². The fourth-order valence-corrected chi connectivity index (χ4v) is 4.46. The average molecular weight is 388 g/mol. The van der Waals surface area contributed by atoms with Crippen LogP contribution in [0.5, 0.6) is 0 Å². The van der Waals surface area contributed by atoms with Crippen LogP contribution in [0.2, 0.25) is 0 Å². The lowest BCUT2D eigenvalue weighted by molar-refractivity contribution is 0.597. The fourth-order valence-electron chi connectivity index (χ4n) is 1.84. The number of nitrogens with zero attached hydrogens (tertiary/aromatic N) is 3. The molecule has 0 aromatic carbocycles. The second-order valence-electron chi connectivity index (χ2n) is 4.03. The molecule has 0 saturated heterocycles. The number of anilines is 2. The highest BCUT2D eigenvalue weighted by Crippen LogP contribution is 2.29. The molecule has 3 rings (SSSR count). The number of nitrogens with one attached hydrogen (secondary N) is 2. The van der Waals surface area contributed by atoms with Crippen LogP contribution in [0.15, 0.2) is 39.5 Å². The van der Waals surface area contributed by atoms with E-state index in [2.05, 4.69) is 35.9 Å². The molecule has 0 aliphatic rings. The van der Waals surface area contributed by atoms with Crippen LogP contribution in [0, 0.1) is 0 Å². The minimum atomic E-state index is -3.79. The molecule has 110 valence electrons. The molecule has 7 nitrogen and oxygen atoms in total. The highest BCUT2D eigenvalue weighted by molar-refractivity contribution is 9.10. The van der Waals surface area contributed by atoms with Gasteiger partial charge in [0.15, 0.2) is 10.8 Å². The molecule has 10 heteroatoms. The number of thiazole rings is 1. The molecule has 0 saturated carbocycles. The van der Waals surface area contributed by atoms with Gasteiger partial charge in [-0.3, -0.25) is 14.1 Å². The predicted molar refractivity (Wildman–Crippen MR) is 85.4 cm³/mol. The summed E-state index contributed by atoms with van der Waals surface area (Å²) in [5.74, 6) is 0.305. The molecule has 0 bridgehead atoms. The molecule has 3 aromatic heterocycles. The van der Waals surface area contributed by atoms with E-state index in [9.17, 15) is 8.42 Å². The highest BCUT2D eigenvalue weighted by Gasteiger charge is 2.26. The van der Waals surface area contributed by atoms with Gasteiger partial charge in [0.05, 0.1) is 10.2 Å². The molecule has 3 aromatic rings. The maximum absolute atomic E-state index is 12.7. The standard InChI is InChI=1S/C11H10BrN5O2S2/c1-13-9-10(17-4-5-20-11(17)15-9)21(18,19)16-8-2-3-14-6-7(8)12/h2-6,13H,1H3,(H,14,16). The zero-order valence-electron chi connectivity index (χ0n) is 10.7. The van der Waals surface area contributed by atoms with Crippen molar-refractivity contribution >= 4 is 53.8 Å². The van der Waals surface area contributed by atoms with Crippen molar-refractivity contribution in [3.05, 3.63) is 34.5 Å². The summed E-state index contributed by atoms with van der Waals surface area (Å²) in [6, 6.07) is 1.58. The summed E-state index contributed by atoms with van der Waals surface area (Å²) in [5.41, 5.74) is 0.414. The van der Waals surface area contributed by atoms with Gasteiger partial charge in [0.2, 0.25) is 5.03 Å². The first-order valence-electron chi connectivity index (χ1n) is 5.78. The van der Waals surface area contributed by atoms with Crippen LogP contribution in [-0.2, 0) is 10.0 Å². The molecular weight excluding hydrogens is 378 g/mol. The van der Waals surface area contributed by atoms with E-state index in [4.69, 9.17) is 0 Å². The van der Waals surface area contributed by atoms with Gasteiger partial charge < -0.3 is 5.32 Å². The van der Waals surface area contributed by atoms with Gasteiger partial charge in [0, 0.05) is 31.0 Å². The first-order chi connectivity index (χ1) is 10.0. The van der Waals surface area contributed by atoms with Crippen LogP contribution in [0.3, 0.4) is 0 Å². The molecule has 0 spiro atoms. The number of sulfonamides is 1. The van der Waals surface area contributed by atoms with Crippen molar-refractivity contribution in [2.24, 2.45) is 0 Å². The zero-order valence-corrected chi connectivity index (χ0v) is 14.0. The Morgan fingerprint density at radius 1 is 1.43 bits per heavy atom. The average Bonchev–Trinajstić information content (AvgIpc) is 3.00. The van der Waals surface area contributed by atoms with Crippen molar-refractivity contribution in [3.8, 4) is 0 Å². The van der Waals surface area contributed by atoms with Crippen molar-refractivity contribution in [3.63, 3.8) is 0 Å². The molecule has 0 atom stereocenters. The summed E-state index contributed by atoms with van der Waals surface area (Å²) in [7, 11) is -2.16. The largest absolute Gasteiger partial charge is 0.371 e. The fraction of sp³-hybridized carbons (Fsp3) is 0.0909. The lowest BCUT2D eigenvalue weighted by atomic mass is 10.4. The van der Waals surface area contributed by atoms with Crippen LogP contribution in [0.4, 0.5) is 11.5 Å². The molecule has 21 heavy (non-hydrogen) atoms. The maximum atomic E-state index is 12.7. The number of halogens is 1. The van der Waals surface area contributed by atoms with Gasteiger partial charge in [-0.25, -0.2) is 4.98 Å². The Hall–Kier alpha value is -1.65. The van der Waals surface area contributed by atoms with Gasteiger partial charge in [-0.15, -0.1) is 11.3 Å². The molecule has 3 heterocycles. The van der Waals surface area contributed by atoms with Crippen LogP contribution in [0.1, 0.15) is 0 Å². The van der Waals surface area contributed by atoms with E-state index in [1.54, 1.807) is 24.7 Å². The summed E-state index contributed by atoms with van der Waals surface area (Å²) >= 11 is 4.63. The van der Waals surface area contributed by atoms with Gasteiger partial charge in [-0.05, 0) is 22.0 Å². The van der Waals surface area contributed by atoms with Crippen molar-refractivity contribution in [2.75, 3.05) is 17.1 Å². The topological polar surface area (TPSA) is 88.4 Å². The molecular formula is C11H10BrN5O2S2. The number of pyridine rings is 1. The van der Waals surface area contributed by atoms with Crippen molar-refractivity contribution in [1.82, 2.24) is 14.4 Å². The number of fused-ring (bicyclic) bond motifs is 1. The van der Waals surface area contributed by atoms with Gasteiger partial charge in [0.25, 0.3) is 10.0 Å². The molecule has 0 unspecified atom stereocenters. The van der Waals surface area contributed by atoms with E-state index in [1.165, 1.54) is 28.1 Å². The second kappa shape index (κ2) is 5.28. The van der Waals surface area contributed by atoms with Gasteiger partial charge in [0.1, 0.15) is 0 Å². The van der Waals surface area contributed by atoms with E-state index in [0.29, 0.717) is 20.9 Å². The zero-order chi connectivity index (χ0) is 15.0. The van der Waals surface area contributed by atoms with E-state index in [0.717, 1.165) is 0 Å². The summed E-state index contributed by atoms with van der Waals surface area (Å²) < 4.78 is 29.9. The Labute approximate surface area is 133 Å². The minimum Gasteiger partial charge on any atom is -0.371 e. The number of imidazole rings is 1. The van der Waals surface area contributed by atoms with E-state index < -0.39 is 10.0 Å². The van der Waals surface area contributed by atoms with Gasteiger partial charge in [-0.2, -0.15) is 8.42 Å². The SMILES string of the molecule is CNc1nc2sccn2c1S(=O)(=O)Nc1ccncc1Br. The van der Waals surface area contributed by atoms with Crippen LogP contribution in [0.25, 0.3) is 4.96 Å². The van der Waals surface area contributed by atoms with Gasteiger partial charge >= 0.3 is 0 Å². The van der Waals surface area contributed by atoms with E-state index in [1.807, 2.05) is 0 Å². The number of aromatic nitrogens is 3. The molecule has 0 fully saturated rings. The highest BCUT2D eigenvalue weighted by atomic mass is 79.9. The number of rotatable bonds is 4. The number of hydrogen-bond donors (Lipinski definition) is 2. The monoisotopic (exact) mass is 387 g/mol. The van der Waals surface area contributed by atoms with E-state index in [-0.39, 0.29) is 5.03 Å². The molecule has 0 aliphatic heterocycles. The Bertz CT molecular complexity index is 902. The third-order valence-corrected chi connectivity index (χ3v) is 5.50. The predicted octanol–water partition coefficient (Wildman–Crippen LogP) is 2.40. The van der Waals surface area contributed by atoms with Crippen molar-refractivity contribution in [1.29, 1.82) is 0 Å². The quantitative estimate of drug-likeness (QED) is 0.717. The summed E-state index contributed by atoms with van der Waals surface area (Å²) in [5, 5.41) is 4.66. The Kier molecular flexibility index (Phi) is 3.59. The molecule has 0 amide bonds. The van der Waals surface area contributed by atoms with Crippen molar-refractivity contribution < 1.29 is 8.42 Å². The smallest absolute Gasteiger partial charge is 0.281 e. The van der Waals surface area contributed by atoms with E-state index >= 15 is 0 Å². The third-order valence-electron chi connectivity index (χ3n) is 2.73. The van der Waals surface area contributed by atoms with Crippen LogP contribution < -0.4 is 10.0 Å². The first kappa shape index (κ1) is 14.3. The Morgan fingerprint density at radius 3 is 2.95 bits per heavy atom. The third kappa shape index (κ3) is 2.49. The summed E-state index contributed by atoms with van der Waals surface area (Å²) in [6.45, 7) is 0. The van der Waals surface area contributed by atoms with Gasteiger partial charge in [-0.1, -0.05) is 0 Å². The Balaban J connectivity index is 2.12.